The largest absolute Gasteiger partial charge is 0.0720 e. The van der Waals surface area contributed by atoms with Crippen molar-refractivity contribution >= 4 is 8.80 Å². The van der Waals surface area contributed by atoms with E-state index in [1.807, 2.05) is 0 Å². The first-order valence-electron chi connectivity index (χ1n) is 3.18. The van der Waals surface area contributed by atoms with Gasteiger partial charge in [0.2, 0.25) is 0 Å². The van der Waals surface area contributed by atoms with E-state index in [0.717, 1.165) is 5.54 Å². The van der Waals surface area contributed by atoms with Gasteiger partial charge in [0.25, 0.3) is 0 Å². The molecule has 0 aliphatic rings. The van der Waals surface area contributed by atoms with E-state index in [4.69, 9.17) is 0 Å². The van der Waals surface area contributed by atoms with Crippen LogP contribution < -0.4 is 0 Å². The third kappa shape index (κ3) is 2.86. The summed E-state index contributed by atoms with van der Waals surface area (Å²) in [4.78, 5) is 0. The first-order valence-corrected chi connectivity index (χ1v) is 6.16. The van der Waals surface area contributed by atoms with Gasteiger partial charge < -0.3 is 0 Å². The highest BCUT2D eigenvalue weighted by atomic mass is 28.3. The second-order valence-corrected chi connectivity index (χ2v) is 6.26. The van der Waals surface area contributed by atoms with Crippen LogP contribution in [-0.2, 0) is 0 Å². The third-order valence-electron chi connectivity index (χ3n) is 1.78. The monoisotopic (exact) mass is 116 g/mol. The standard InChI is InChI=1S/C6H16Si/c1-5-6(2)7(3)4/h6-7H,5H2,1-4H3. The van der Waals surface area contributed by atoms with Crippen molar-refractivity contribution in [3.8, 4) is 0 Å². The summed E-state index contributed by atoms with van der Waals surface area (Å²) in [6, 6.07) is 0. The van der Waals surface area contributed by atoms with Crippen LogP contribution in [0.5, 0.6) is 0 Å². The lowest BCUT2D eigenvalue weighted by Gasteiger charge is -2.08. The number of rotatable bonds is 2. The topological polar surface area (TPSA) is 0 Å². The molecular weight excluding hydrogens is 100 g/mol. The van der Waals surface area contributed by atoms with Crippen LogP contribution in [0.1, 0.15) is 20.3 Å². The fourth-order valence-electron chi connectivity index (χ4n) is 0.471. The summed E-state index contributed by atoms with van der Waals surface area (Å²) in [6.45, 7) is 9.46. The Morgan fingerprint density at radius 2 is 1.86 bits per heavy atom. The van der Waals surface area contributed by atoms with Crippen LogP contribution in [0.25, 0.3) is 0 Å². The zero-order chi connectivity index (χ0) is 5.86. The van der Waals surface area contributed by atoms with Gasteiger partial charge in [0.15, 0.2) is 0 Å². The number of hydrogen-bond acceptors (Lipinski definition) is 0. The Hall–Kier alpha value is 0.217. The minimum Gasteiger partial charge on any atom is -0.0720 e. The highest BCUT2D eigenvalue weighted by Gasteiger charge is 2.02. The number of hydrogen-bond donors (Lipinski definition) is 0. The van der Waals surface area contributed by atoms with E-state index < -0.39 is 0 Å². The molecular formula is C6H16Si. The summed E-state index contributed by atoms with van der Waals surface area (Å²) in [5.41, 5.74) is 1.04. The predicted molar refractivity (Wildman–Crippen MR) is 38.6 cm³/mol. The van der Waals surface area contributed by atoms with Gasteiger partial charge >= 0.3 is 0 Å². The van der Waals surface area contributed by atoms with E-state index >= 15 is 0 Å². The van der Waals surface area contributed by atoms with Crippen molar-refractivity contribution in [2.45, 2.75) is 38.9 Å². The molecule has 0 saturated carbocycles. The van der Waals surface area contributed by atoms with Gasteiger partial charge in [-0.2, -0.15) is 0 Å². The lowest BCUT2D eigenvalue weighted by Crippen LogP contribution is -2.06. The minimum absolute atomic E-state index is 0.265. The van der Waals surface area contributed by atoms with E-state index in [2.05, 4.69) is 26.9 Å². The van der Waals surface area contributed by atoms with Crippen LogP contribution in [0, 0.1) is 0 Å². The second kappa shape index (κ2) is 3.25. The molecule has 1 atom stereocenters. The molecule has 0 aliphatic heterocycles. The maximum Gasteiger partial charge on any atom is 0.0333 e. The zero-order valence-corrected chi connectivity index (χ0v) is 7.02. The van der Waals surface area contributed by atoms with E-state index in [9.17, 15) is 0 Å². The van der Waals surface area contributed by atoms with Gasteiger partial charge in [-0.1, -0.05) is 38.9 Å². The molecule has 1 unspecified atom stereocenters. The van der Waals surface area contributed by atoms with Crippen molar-refractivity contribution in [1.29, 1.82) is 0 Å². The average Bonchev–Trinajstić information content (AvgIpc) is 1.65. The molecule has 0 N–H and O–H groups in total. The summed E-state index contributed by atoms with van der Waals surface area (Å²) in [5.74, 6) is 0. The molecule has 0 radical (unpaired) electrons. The van der Waals surface area contributed by atoms with Crippen molar-refractivity contribution in [3.05, 3.63) is 0 Å². The molecule has 44 valence electrons. The van der Waals surface area contributed by atoms with Crippen molar-refractivity contribution in [2.75, 3.05) is 0 Å². The summed E-state index contributed by atoms with van der Waals surface area (Å²) in [5, 5.41) is 0. The smallest absolute Gasteiger partial charge is 0.0333 e. The van der Waals surface area contributed by atoms with Crippen molar-refractivity contribution in [3.63, 3.8) is 0 Å². The van der Waals surface area contributed by atoms with Gasteiger partial charge in [-0.25, -0.2) is 0 Å². The third-order valence-corrected chi connectivity index (χ3v) is 4.53. The van der Waals surface area contributed by atoms with Gasteiger partial charge in [0, 0.05) is 8.80 Å². The van der Waals surface area contributed by atoms with Gasteiger partial charge in [0.1, 0.15) is 0 Å². The maximum atomic E-state index is 2.41. The molecule has 0 rings (SSSR count). The lowest BCUT2D eigenvalue weighted by atomic mass is 10.4. The molecule has 0 aromatic carbocycles. The Kier molecular flexibility index (Phi) is 3.35. The molecule has 0 heterocycles. The molecule has 0 aromatic rings. The average molecular weight is 116 g/mol. The Balaban J connectivity index is 3.14. The molecule has 0 bridgehead atoms. The molecule has 0 nitrogen and oxygen atoms in total. The first-order chi connectivity index (χ1) is 3.18. The lowest BCUT2D eigenvalue weighted by molar-refractivity contribution is 0.859. The summed E-state index contributed by atoms with van der Waals surface area (Å²) in [6.07, 6.45) is 1.38. The van der Waals surface area contributed by atoms with E-state index in [1.165, 1.54) is 6.42 Å². The molecule has 0 fully saturated rings. The Bertz CT molecular complexity index is 41.4. The predicted octanol–water partition coefficient (Wildman–Crippen LogP) is 2.27. The van der Waals surface area contributed by atoms with Gasteiger partial charge in [-0.3, -0.25) is 0 Å². The van der Waals surface area contributed by atoms with Crippen molar-refractivity contribution < 1.29 is 0 Å². The van der Waals surface area contributed by atoms with Crippen molar-refractivity contribution in [1.82, 2.24) is 0 Å². The Labute approximate surface area is 48.5 Å². The fraction of sp³-hybridized carbons (Fsp3) is 1.00. The van der Waals surface area contributed by atoms with E-state index in [-0.39, 0.29) is 8.80 Å². The van der Waals surface area contributed by atoms with E-state index in [0.29, 0.717) is 0 Å². The van der Waals surface area contributed by atoms with Crippen LogP contribution >= 0.6 is 0 Å². The van der Waals surface area contributed by atoms with Crippen molar-refractivity contribution in [2.24, 2.45) is 0 Å². The molecule has 0 aromatic heterocycles. The van der Waals surface area contributed by atoms with Gasteiger partial charge in [-0.05, 0) is 0 Å². The SMILES string of the molecule is CCC(C)[SiH](C)C. The minimum atomic E-state index is -0.265. The van der Waals surface area contributed by atoms with Gasteiger partial charge in [-0.15, -0.1) is 0 Å². The maximum absolute atomic E-state index is 2.41. The normalized spacial score (nSPS) is 15.0. The van der Waals surface area contributed by atoms with Crippen LogP contribution in [-0.4, -0.2) is 8.80 Å². The summed E-state index contributed by atoms with van der Waals surface area (Å²) < 4.78 is 0. The van der Waals surface area contributed by atoms with Crippen LogP contribution in [0.3, 0.4) is 0 Å². The molecule has 1 heteroatoms. The quantitative estimate of drug-likeness (QED) is 0.485. The van der Waals surface area contributed by atoms with Gasteiger partial charge in [0.05, 0.1) is 0 Å². The molecule has 0 spiro atoms. The summed E-state index contributed by atoms with van der Waals surface area (Å²) >= 11 is 0. The highest BCUT2D eigenvalue weighted by molar-refractivity contribution is 6.57. The zero-order valence-electron chi connectivity index (χ0n) is 5.86. The summed E-state index contributed by atoms with van der Waals surface area (Å²) in [7, 11) is -0.265. The Morgan fingerprint density at radius 3 is 1.86 bits per heavy atom. The van der Waals surface area contributed by atoms with Crippen LogP contribution in [0.4, 0.5) is 0 Å². The highest BCUT2D eigenvalue weighted by Crippen LogP contribution is 2.11. The van der Waals surface area contributed by atoms with Crippen LogP contribution in [0.15, 0.2) is 0 Å². The van der Waals surface area contributed by atoms with E-state index in [1.54, 1.807) is 0 Å². The molecule has 0 amide bonds. The Morgan fingerprint density at radius 1 is 1.43 bits per heavy atom. The molecule has 7 heavy (non-hydrogen) atoms. The van der Waals surface area contributed by atoms with Crippen LogP contribution in [0.2, 0.25) is 18.6 Å². The molecule has 0 aliphatic carbocycles. The first kappa shape index (κ1) is 7.22. The molecule has 0 saturated heterocycles. The fourth-order valence-corrected chi connectivity index (χ4v) is 1.41. The second-order valence-electron chi connectivity index (χ2n) is 2.63.